The smallest absolute Gasteiger partial charge is 0.170 e. The molecule has 0 aliphatic heterocycles. The van der Waals surface area contributed by atoms with Gasteiger partial charge in [-0.25, -0.2) is 4.39 Å². The van der Waals surface area contributed by atoms with Gasteiger partial charge in [0.15, 0.2) is 5.78 Å². The summed E-state index contributed by atoms with van der Waals surface area (Å²) < 4.78 is 13.3. The first-order valence-electron chi connectivity index (χ1n) is 4.52. The van der Waals surface area contributed by atoms with Crippen molar-refractivity contribution >= 4 is 17.4 Å². The van der Waals surface area contributed by atoms with Gasteiger partial charge >= 0.3 is 0 Å². The van der Waals surface area contributed by atoms with Crippen LogP contribution in [0.2, 0.25) is 5.02 Å². The van der Waals surface area contributed by atoms with Gasteiger partial charge in [-0.15, -0.1) is 0 Å². The van der Waals surface area contributed by atoms with Gasteiger partial charge in [0.1, 0.15) is 5.82 Å². The minimum atomic E-state index is -0.615. The number of nitriles is 1. The third-order valence-corrected chi connectivity index (χ3v) is 2.72. The predicted molar refractivity (Wildman–Crippen MR) is 53.0 cm³/mol. The van der Waals surface area contributed by atoms with Gasteiger partial charge in [0.2, 0.25) is 0 Å². The molecule has 0 N–H and O–H groups in total. The number of Topliss-reactive ketones (excluding diaryl/α,β-unsaturated/α-hetero) is 1. The van der Waals surface area contributed by atoms with Crippen LogP contribution in [-0.2, 0) is 0 Å². The molecule has 76 valence electrons. The van der Waals surface area contributed by atoms with Gasteiger partial charge < -0.3 is 0 Å². The number of carbonyl (C=O) groups excluding carboxylic acids is 1. The fourth-order valence-corrected chi connectivity index (χ4v) is 1.68. The Bertz CT molecular complexity index is 466. The first-order valence-corrected chi connectivity index (χ1v) is 4.90. The Morgan fingerprint density at radius 2 is 2.33 bits per heavy atom. The molecule has 2 atom stereocenters. The third-order valence-electron chi connectivity index (χ3n) is 2.49. The molecule has 0 spiro atoms. The van der Waals surface area contributed by atoms with Crippen molar-refractivity contribution in [3.8, 4) is 6.07 Å². The molecular weight excluding hydrogens is 217 g/mol. The van der Waals surface area contributed by atoms with E-state index >= 15 is 0 Å². The molecule has 2 unspecified atom stereocenters. The first-order chi connectivity index (χ1) is 7.13. The van der Waals surface area contributed by atoms with Crippen LogP contribution in [0.4, 0.5) is 4.39 Å². The topological polar surface area (TPSA) is 40.9 Å². The van der Waals surface area contributed by atoms with Gasteiger partial charge in [0, 0.05) is 10.9 Å². The van der Waals surface area contributed by atoms with Crippen molar-refractivity contribution in [2.75, 3.05) is 0 Å². The highest BCUT2D eigenvalue weighted by Gasteiger charge is 2.44. The first kappa shape index (κ1) is 10.1. The molecule has 4 heteroatoms. The predicted octanol–water partition coefficient (Wildman–Crippen LogP) is 2.82. The van der Waals surface area contributed by atoms with Gasteiger partial charge in [-0.2, -0.15) is 5.26 Å². The normalized spacial score (nSPS) is 23.3. The van der Waals surface area contributed by atoms with E-state index in [-0.39, 0.29) is 28.2 Å². The minimum absolute atomic E-state index is 0.0298. The third kappa shape index (κ3) is 1.86. The molecule has 0 amide bonds. The fourth-order valence-electron chi connectivity index (χ4n) is 1.52. The number of carbonyl (C=O) groups is 1. The highest BCUT2D eigenvalue weighted by molar-refractivity contribution is 6.30. The maximum Gasteiger partial charge on any atom is 0.170 e. The number of hydrogen-bond donors (Lipinski definition) is 0. The second-order valence-corrected chi connectivity index (χ2v) is 4.00. The summed E-state index contributed by atoms with van der Waals surface area (Å²) in [4.78, 5) is 11.7. The van der Waals surface area contributed by atoms with E-state index in [1.54, 1.807) is 0 Å². The standard InChI is InChI=1S/C11H7ClFNO/c12-7-1-2-8(10(13)4-7)11(15)9-3-6(9)5-14/h1-2,4,6,9H,3H2. The van der Waals surface area contributed by atoms with Crippen molar-refractivity contribution < 1.29 is 9.18 Å². The van der Waals surface area contributed by atoms with E-state index in [9.17, 15) is 9.18 Å². The Balaban J connectivity index is 2.24. The van der Waals surface area contributed by atoms with Crippen LogP contribution in [0.25, 0.3) is 0 Å². The molecular formula is C11H7ClFNO. The average Bonchev–Trinajstić information content (AvgIpc) is 2.95. The number of ketones is 1. The van der Waals surface area contributed by atoms with E-state index in [2.05, 4.69) is 0 Å². The summed E-state index contributed by atoms with van der Waals surface area (Å²) in [6.07, 6.45) is 0.539. The summed E-state index contributed by atoms with van der Waals surface area (Å²) in [6.45, 7) is 0. The number of halogens is 2. The molecule has 1 aliphatic rings. The zero-order chi connectivity index (χ0) is 11.0. The molecule has 1 aliphatic carbocycles. The van der Waals surface area contributed by atoms with Crippen LogP contribution in [0.15, 0.2) is 18.2 Å². The molecule has 1 aromatic rings. The molecule has 15 heavy (non-hydrogen) atoms. The highest BCUT2D eigenvalue weighted by atomic mass is 35.5. The lowest BCUT2D eigenvalue weighted by molar-refractivity contribution is 0.0960. The zero-order valence-electron chi connectivity index (χ0n) is 7.71. The summed E-state index contributed by atoms with van der Waals surface area (Å²) in [5.74, 6) is -1.48. The molecule has 0 heterocycles. The van der Waals surface area contributed by atoms with E-state index in [1.165, 1.54) is 12.1 Å². The Morgan fingerprint density at radius 1 is 1.60 bits per heavy atom. The monoisotopic (exact) mass is 223 g/mol. The second kappa shape index (κ2) is 3.63. The summed E-state index contributed by atoms with van der Waals surface area (Å²) in [5.41, 5.74) is 0.0298. The zero-order valence-corrected chi connectivity index (χ0v) is 8.46. The Kier molecular flexibility index (Phi) is 2.45. The molecule has 1 fully saturated rings. The Morgan fingerprint density at radius 3 is 2.87 bits per heavy atom. The van der Waals surface area contributed by atoms with E-state index in [4.69, 9.17) is 16.9 Å². The SMILES string of the molecule is N#CC1CC1C(=O)c1ccc(Cl)cc1F. The molecule has 0 radical (unpaired) electrons. The second-order valence-electron chi connectivity index (χ2n) is 3.57. The molecule has 0 bridgehead atoms. The van der Waals surface area contributed by atoms with E-state index in [1.807, 2.05) is 6.07 Å². The molecule has 2 nitrogen and oxygen atoms in total. The maximum atomic E-state index is 13.3. The van der Waals surface area contributed by atoms with Gasteiger partial charge in [-0.3, -0.25) is 4.79 Å². The molecule has 1 aromatic carbocycles. The largest absolute Gasteiger partial charge is 0.294 e. The van der Waals surface area contributed by atoms with E-state index < -0.39 is 5.82 Å². The van der Waals surface area contributed by atoms with Crippen LogP contribution in [-0.4, -0.2) is 5.78 Å². The lowest BCUT2D eigenvalue weighted by Gasteiger charge is -2.00. The van der Waals surface area contributed by atoms with Crippen LogP contribution in [0.1, 0.15) is 16.8 Å². The van der Waals surface area contributed by atoms with E-state index in [0.717, 1.165) is 6.07 Å². The Labute approximate surface area is 91.3 Å². The van der Waals surface area contributed by atoms with Crippen LogP contribution in [0.3, 0.4) is 0 Å². The van der Waals surface area contributed by atoms with Crippen LogP contribution >= 0.6 is 11.6 Å². The fraction of sp³-hybridized carbons (Fsp3) is 0.273. The minimum Gasteiger partial charge on any atom is -0.294 e. The molecule has 0 aromatic heterocycles. The van der Waals surface area contributed by atoms with Gasteiger partial charge in [0.05, 0.1) is 17.6 Å². The summed E-state index contributed by atoms with van der Waals surface area (Å²) >= 11 is 5.57. The summed E-state index contributed by atoms with van der Waals surface area (Å²) in [5, 5.41) is 8.83. The number of hydrogen-bond acceptors (Lipinski definition) is 2. The van der Waals surface area contributed by atoms with Gasteiger partial charge in [-0.1, -0.05) is 11.6 Å². The molecule has 1 saturated carbocycles. The lowest BCUT2D eigenvalue weighted by Crippen LogP contribution is -2.05. The number of rotatable bonds is 2. The van der Waals surface area contributed by atoms with E-state index in [0.29, 0.717) is 6.42 Å². The number of nitrogens with zero attached hydrogens (tertiary/aromatic N) is 1. The van der Waals surface area contributed by atoms with Crippen molar-refractivity contribution in [3.05, 3.63) is 34.6 Å². The van der Waals surface area contributed by atoms with Crippen molar-refractivity contribution in [3.63, 3.8) is 0 Å². The number of benzene rings is 1. The van der Waals surface area contributed by atoms with Gasteiger partial charge in [0.25, 0.3) is 0 Å². The van der Waals surface area contributed by atoms with Crippen LogP contribution in [0, 0.1) is 29.0 Å². The summed E-state index contributed by atoms with van der Waals surface area (Å²) in [7, 11) is 0. The summed E-state index contributed by atoms with van der Waals surface area (Å²) in [6, 6.07) is 5.95. The molecule has 2 rings (SSSR count). The van der Waals surface area contributed by atoms with Crippen molar-refractivity contribution in [1.82, 2.24) is 0 Å². The van der Waals surface area contributed by atoms with Gasteiger partial charge in [-0.05, 0) is 24.6 Å². The maximum absolute atomic E-state index is 13.3. The van der Waals surface area contributed by atoms with Crippen molar-refractivity contribution in [2.24, 2.45) is 11.8 Å². The van der Waals surface area contributed by atoms with Crippen LogP contribution < -0.4 is 0 Å². The lowest BCUT2D eigenvalue weighted by atomic mass is 10.1. The Hall–Kier alpha value is -1.40. The highest BCUT2D eigenvalue weighted by Crippen LogP contribution is 2.40. The quantitative estimate of drug-likeness (QED) is 0.724. The van der Waals surface area contributed by atoms with Crippen LogP contribution in [0.5, 0.6) is 0 Å². The van der Waals surface area contributed by atoms with Crippen molar-refractivity contribution in [2.45, 2.75) is 6.42 Å². The average molecular weight is 224 g/mol. The van der Waals surface area contributed by atoms with Crippen molar-refractivity contribution in [1.29, 1.82) is 5.26 Å². The molecule has 0 saturated heterocycles.